The first-order chi connectivity index (χ1) is 69.0. The first-order valence-electron chi connectivity index (χ1n) is 48.3. The van der Waals surface area contributed by atoms with Gasteiger partial charge in [0.05, 0.1) is 163 Å². The van der Waals surface area contributed by atoms with E-state index in [1.165, 1.54) is 54.6 Å². The SMILES string of the molecule is CC(C)(C)[Si](C)(C)O[C@@H]1CO[C@H]2[C@@H]1OC[C@H]2Oc1cc2nc(-c3c(F)cc(C4=CCOCC4)cc3F)c(F)cc2n1COCC[Si](C)(C)C.CC1(C)OB(c2c(F)cc(C3=CCOCC3)cc2F)OC1(C)C.C[Si](C)(C)CCOCn1c(O[C@@H]2CO[C@H]3[C@@H]2OC[C@H]3O)cc2nc(Cl)c(F)cc21.O=[N+]([O-])c1cc(F)cnc1Cl.O[C@@H]1CO[C@H]2[C@@H]1OC[C@H]2Oc1cc2nc(-c3c(F)cc(C4=CCOCC4)cc3F)c(F)cc2[nH]1. The molecule has 146 heavy (non-hydrogen) atoms. The number of nitro groups is 1. The maximum atomic E-state index is 15.8. The van der Waals surface area contributed by atoms with Crippen LogP contribution in [0.5, 0.6) is 17.6 Å². The first kappa shape index (κ1) is 110. The summed E-state index contributed by atoms with van der Waals surface area (Å²) in [6, 6.07) is 18.8. The Hall–Kier alpha value is -9.14. The van der Waals surface area contributed by atoms with E-state index >= 15 is 13.2 Å². The highest BCUT2D eigenvalue weighted by Gasteiger charge is 2.56. The summed E-state index contributed by atoms with van der Waals surface area (Å²) >= 11 is 11.1. The van der Waals surface area contributed by atoms with E-state index in [1.807, 2.05) is 33.8 Å². The number of aliphatic hydroxyl groups excluding tert-OH is 2. The normalized spacial score (nSPS) is 23.7. The number of aromatic amines is 1. The molecular formula is C101H119BCl2F10N8O21Si3. The molecule has 0 saturated carbocycles. The molecule has 7 fully saturated rings. The molecule has 0 radical (unpaired) electrons. The summed E-state index contributed by atoms with van der Waals surface area (Å²) < 4.78 is 250. The lowest BCUT2D eigenvalue weighted by atomic mass is 9.77. The van der Waals surface area contributed by atoms with Crippen LogP contribution in [0, 0.1) is 68.3 Å². The molecule has 3 aromatic carbocycles. The number of hydrogen-bond acceptors (Lipinski definition) is 25. The molecule has 17 heterocycles. The second kappa shape index (κ2) is 45.2. The van der Waals surface area contributed by atoms with Gasteiger partial charge in [0.1, 0.15) is 114 Å². The Morgan fingerprint density at radius 2 is 0.890 bits per heavy atom. The summed E-state index contributed by atoms with van der Waals surface area (Å²) in [6.07, 6.45) is 2.83. The summed E-state index contributed by atoms with van der Waals surface area (Å²) in [7, 11) is -5.71. The number of H-pyrrole nitrogens is 1. The fourth-order valence-corrected chi connectivity index (χ4v) is 20.9. The Kier molecular flexibility index (Phi) is 33.9. The Labute approximate surface area is 850 Å². The molecule has 788 valence electrons. The topological polar surface area (TPSA) is 318 Å². The van der Waals surface area contributed by atoms with Gasteiger partial charge < -0.3 is 95.2 Å². The molecule has 10 aliphatic rings. The van der Waals surface area contributed by atoms with Gasteiger partial charge in [0, 0.05) is 65.8 Å². The van der Waals surface area contributed by atoms with Gasteiger partial charge >= 0.3 is 12.8 Å². The van der Waals surface area contributed by atoms with Gasteiger partial charge in [0.15, 0.2) is 66.9 Å². The molecular weight excluding hydrogens is 2020 g/mol. The van der Waals surface area contributed by atoms with E-state index in [0.29, 0.717) is 141 Å². The molecule has 12 atom stereocenters. The lowest BCUT2D eigenvalue weighted by Crippen LogP contribution is -2.47. The monoisotopic (exact) mass is 2130 g/mol. The maximum Gasteiger partial charge on any atom is 0.500 e. The number of pyridine rings is 4. The zero-order chi connectivity index (χ0) is 105. The second-order valence-electron chi connectivity index (χ2n) is 42.1. The molecule has 7 saturated heterocycles. The number of aromatic nitrogens is 7. The van der Waals surface area contributed by atoms with E-state index in [9.17, 15) is 51.1 Å². The van der Waals surface area contributed by atoms with Gasteiger partial charge in [0.2, 0.25) is 5.15 Å². The quantitative estimate of drug-likeness (QED) is 0.0119. The number of rotatable bonds is 25. The van der Waals surface area contributed by atoms with E-state index in [1.54, 1.807) is 33.4 Å². The van der Waals surface area contributed by atoms with Gasteiger partial charge in [-0.1, -0.05) is 101 Å². The van der Waals surface area contributed by atoms with Crippen molar-refractivity contribution in [2.24, 2.45) is 0 Å². The van der Waals surface area contributed by atoms with E-state index in [-0.39, 0.29) is 103 Å². The van der Waals surface area contributed by atoms with Crippen molar-refractivity contribution in [3.05, 3.63) is 199 Å². The van der Waals surface area contributed by atoms with E-state index in [2.05, 4.69) is 98.1 Å². The van der Waals surface area contributed by atoms with Crippen molar-refractivity contribution >= 4 is 116 Å². The summed E-state index contributed by atoms with van der Waals surface area (Å²) in [5.41, 5.74) is 2.32. The molecule has 10 aliphatic heterocycles. The van der Waals surface area contributed by atoms with Gasteiger partial charge in [0.25, 0.3) is 0 Å². The van der Waals surface area contributed by atoms with Crippen LogP contribution in [0.3, 0.4) is 0 Å². The number of nitrogens with one attached hydrogen (secondary N) is 1. The van der Waals surface area contributed by atoms with Gasteiger partial charge in [-0.15, -0.1) is 0 Å². The van der Waals surface area contributed by atoms with Crippen molar-refractivity contribution in [3.8, 4) is 40.2 Å². The smallest absolute Gasteiger partial charge is 0.470 e. The van der Waals surface area contributed by atoms with Gasteiger partial charge in [-0.2, -0.15) is 0 Å². The minimum Gasteiger partial charge on any atom is -0.470 e. The molecule has 0 aliphatic carbocycles. The number of hydrogen-bond donors (Lipinski definition) is 3. The highest BCUT2D eigenvalue weighted by atomic mass is 35.5. The van der Waals surface area contributed by atoms with Gasteiger partial charge in [-0.05, 0) is 147 Å². The highest BCUT2D eigenvalue weighted by molar-refractivity contribution is 6.76. The van der Waals surface area contributed by atoms with E-state index < -0.39 is 177 Å². The lowest BCUT2D eigenvalue weighted by Gasteiger charge is -2.39. The third kappa shape index (κ3) is 25.0. The Balaban J connectivity index is 0.000000139. The molecule has 0 unspecified atom stereocenters. The minimum absolute atomic E-state index is 0.0351. The van der Waals surface area contributed by atoms with Gasteiger partial charge in [-0.3, -0.25) is 19.2 Å². The van der Waals surface area contributed by atoms with Crippen LogP contribution in [0.2, 0.25) is 79.8 Å². The Bertz CT molecular complexity index is 6460. The van der Waals surface area contributed by atoms with Crippen molar-refractivity contribution in [3.63, 3.8) is 0 Å². The van der Waals surface area contributed by atoms with Gasteiger partial charge in [-0.25, -0.2) is 63.8 Å². The highest BCUT2D eigenvalue weighted by Crippen LogP contribution is 2.46. The number of nitrogens with zero attached hydrogens (tertiary/aromatic N) is 7. The zero-order valence-corrected chi connectivity index (χ0v) is 88.0. The van der Waals surface area contributed by atoms with Crippen LogP contribution < -0.4 is 19.7 Å². The lowest BCUT2D eigenvalue weighted by molar-refractivity contribution is -0.385. The molecule has 10 aromatic rings. The number of halogens is 12. The standard InChI is InChI=1S/C36H49F3N2O6Si2.C24H21F3N2O5.C19H26ClFN2O5Si.C17H21BF2O3.C5H2ClFN2O2/c1-36(2,3)49(7,8)47-30-20-45-34-29(19-44-35(30)34)46-31-18-27-28(41(31)21-43-13-14-48(4,5)6)17-26(39)33(40-27)32-24(37)15-23(16-25(32)38)22-9-11-42-12-10-22;25-13-5-12(11-1-3-31-4-2-11)6-14(26)21(13)22-15(27)7-16-17(29-22)8-20(28-16)34-19-10-33-23-18(30)9-32-24(19)23;1-29(2,3)5-4-25-10-23-13-6-11(21)19(20)22-12(13)7-16(23)28-15-9-27-17-14(24)8-26-18(15)17;1-16(2)17(3,4)23-18(22-16)15-13(19)9-12(10-14(15)20)11-5-7-21-8-6-11;6-5-4(9(10)11)1-3(7)2-8-5/h9,15-18,29-30,34-35H,10-14,19-21H2,1-8H3;1,5-8,18-19,23-24,28,30H,2-4,9-10H2;6-7,14-15,17-18,24H,4-5,8-10H2,1-3H3;5,9-10H,6-8H2,1-4H3;1-2H/t29-,30-,34-,35-;18-,19-,23-,24-;14-,15-,17-,18-;;/m111../s1. The van der Waals surface area contributed by atoms with Crippen LogP contribution in [0.15, 0.2) is 103 Å². The molecule has 20 rings (SSSR count). The Morgan fingerprint density at radius 1 is 0.493 bits per heavy atom. The predicted molar refractivity (Wildman–Crippen MR) is 533 cm³/mol. The largest absolute Gasteiger partial charge is 0.500 e. The number of benzene rings is 3. The fraction of sp³-hybridized carbons (Fsp3) is 0.505. The Morgan fingerprint density at radius 3 is 1.32 bits per heavy atom. The summed E-state index contributed by atoms with van der Waals surface area (Å²) in [5.74, 6) is -6.84. The van der Waals surface area contributed by atoms with Crippen molar-refractivity contribution in [1.82, 2.24) is 34.1 Å². The summed E-state index contributed by atoms with van der Waals surface area (Å²) in [6.45, 7) is 37.8. The molecule has 0 amide bonds. The van der Waals surface area contributed by atoms with Crippen molar-refractivity contribution < 1.29 is 139 Å². The molecule has 0 bridgehead atoms. The third-order valence-electron chi connectivity index (χ3n) is 27.6. The van der Waals surface area contributed by atoms with E-state index in [4.69, 9.17) is 103 Å². The third-order valence-corrected chi connectivity index (χ3v) is 36.1. The predicted octanol–water partition coefficient (Wildman–Crippen LogP) is 19.4. The number of aliphatic hydroxyl groups is 2. The molecule has 3 N–H and O–H groups in total. The van der Waals surface area contributed by atoms with Crippen LogP contribution in [-0.4, -0.2) is 258 Å². The fourth-order valence-electron chi connectivity index (χ4n) is 17.8. The average molecular weight is 2140 g/mol. The van der Waals surface area contributed by atoms with Crippen molar-refractivity contribution in [2.45, 2.75) is 235 Å². The van der Waals surface area contributed by atoms with Crippen LogP contribution in [0.4, 0.5) is 49.6 Å². The molecule has 0 spiro atoms. The molecule has 7 aromatic heterocycles. The summed E-state index contributed by atoms with van der Waals surface area (Å²) in [5, 5.41) is 29.4. The van der Waals surface area contributed by atoms with Crippen LogP contribution in [-0.2, 0) is 79.3 Å². The zero-order valence-electron chi connectivity index (χ0n) is 83.5. The number of ether oxygens (including phenoxy) is 14. The molecule has 45 heteroatoms. The first-order valence-corrected chi connectivity index (χ1v) is 59.4. The van der Waals surface area contributed by atoms with Crippen LogP contribution in [0.25, 0.3) is 72.3 Å². The second-order valence-corrected chi connectivity index (χ2v) is 58.8. The van der Waals surface area contributed by atoms with Crippen LogP contribution >= 0.6 is 23.2 Å². The number of fused-ring (bicyclic) bond motifs is 6. The average Bonchev–Trinajstić information content (AvgIpc) is 1.56. The summed E-state index contributed by atoms with van der Waals surface area (Å²) in [4.78, 5) is 28.2. The van der Waals surface area contributed by atoms with Crippen LogP contribution in [0.1, 0.15) is 84.4 Å². The molecule has 29 nitrogen and oxygen atoms in total. The van der Waals surface area contributed by atoms with E-state index in [0.717, 1.165) is 47.1 Å². The van der Waals surface area contributed by atoms with Crippen molar-refractivity contribution in [2.75, 3.05) is 92.5 Å². The van der Waals surface area contributed by atoms with Crippen molar-refractivity contribution in [1.29, 1.82) is 0 Å². The maximum absolute atomic E-state index is 15.8. The minimum atomic E-state index is -2.07.